The molecule has 0 aliphatic carbocycles. The zero-order valence-electron chi connectivity index (χ0n) is 13.1. The number of nitrogens with one attached hydrogen (secondary N) is 1. The summed E-state index contributed by atoms with van der Waals surface area (Å²) in [6.45, 7) is 6.36. The molecule has 116 valence electrons. The molecule has 1 aliphatic rings. The van der Waals surface area contributed by atoms with Crippen LogP contribution in [0.2, 0.25) is 0 Å². The molecule has 1 heterocycles. The largest absolute Gasteiger partial charge is 0.465 e. The van der Waals surface area contributed by atoms with Gasteiger partial charge in [0.1, 0.15) is 0 Å². The standard InChI is InChI=1S/C17H26N2O2/c1-3-18-12-16-6-4-5-11-19(16)13-14-7-9-15(10-8-14)17(20)21-2/h7-10,16,18H,3-6,11-13H2,1-2H3. The highest BCUT2D eigenvalue weighted by Gasteiger charge is 2.21. The number of likely N-dealkylation sites (tertiary alicyclic amines) is 1. The van der Waals surface area contributed by atoms with Gasteiger partial charge in [-0.1, -0.05) is 25.5 Å². The van der Waals surface area contributed by atoms with E-state index >= 15 is 0 Å². The molecule has 1 aliphatic heterocycles. The third kappa shape index (κ3) is 4.55. The number of hydrogen-bond donors (Lipinski definition) is 1. The molecule has 1 unspecified atom stereocenters. The minimum atomic E-state index is -0.274. The molecule has 0 saturated carbocycles. The van der Waals surface area contributed by atoms with Gasteiger partial charge in [0.05, 0.1) is 12.7 Å². The van der Waals surface area contributed by atoms with Crippen molar-refractivity contribution in [2.75, 3.05) is 26.7 Å². The first-order chi connectivity index (χ1) is 10.2. The van der Waals surface area contributed by atoms with Crippen molar-refractivity contribution >= 4 is 5.97 Å². The molecule has 1 aromatic rings. The number of likely N-dealkylation sites (N-methyl/N-ethyl adjacent to an activating group) is 1. The summed E-state index contributed by atoms with van der Waals surface area (Å²) in [5, 5.41) is 3.46. The molecule has 1 fully saturated rings. The molecule has 1 saturated heterocycles. The predicted octanol–water partition coefficient (Wildman–Crippen LogP) is 2.44. The average molecular weight is 290 g/mol. The van der Waals surface area contributed by atoms with Crippen LogP contribution in [0, 0.1) is 0 Å². The topological polar surface area (TPSA) is 41.6 Å². The highest BCUT2D eigenvalue weighted by molar-refractivity contribution is 5.89. The predicted molar refractivity (Wildman–Crippen MR) is 84.4 cm³/mol. The van der Waals surface area contributed by atoms with Crippen LogP contribution >= 0.6 is 0 Å². The van der Waals surface area contributed by atoms with Crippen LogP contribution in [0.4, 0.5) is 0 Å². The van der Waals surface area contributed by atoms with E-state index < -0.39 is 0 Å². The summed E-state index contributed by atoms with van der Waals surface area (Å²) in [6.07, 6.45) is 3.88. The number of hydrogen-bond acceptors (Lipinski definition) is 4. The maximum atomic E-state index is 11.4. The molecule has 1 N–H and O–H groups in total. The number of rotatable bonds is 6. The molecule has 1 atom stereocenters. The number of nitrogens with zero attached hydrogens (tertiary/aromatic N) is 1. The molecule has 0 radical (unpaired) electrons. The maximum Gasteiger partial charge on any atom is 0.337 e. The molecular formula is C17H26N2O2. The number of benzene rings is 1. The van der Waals surface area contributed by atoms with Gasteiger partial charge in [-0.15, -0.1) is 0 Å². The van der Waals surface area contributed by atoms with Crippen molar-refractivity contribution in [2.45, 2.75) is 38.8 Å². The fourth-order valence-corrected chi connectivity index (χ4v) is 2.91. The van der Waals surface area contributed by atoms with Crippen molar-refractivity contribution in [3.05, 3.63) is 35.4 Å². The van der Waals surface area contributed by atoms with Gasteiger partial charge in [0.2, 0.25) is 0 Å². The van der Waals surface area contributed by atoms with Crippen LogP contribution in [0.15, 0.2) is 24.3 Å². The van der Waals surface area contributed by atoms with Gasteiger partial charge < -0.3 is 10.1 Å². The van der Waals surface area contributed by atoms with E-state index in [9.17, 15) is 4.79 Å². The van der Waals surface area contributed by atoms with Crippen LogP contribution in [0.25, 0.3) is 0 Å². The third-order valence-corrected chi connectivity index (χ3v) is 4.14. The van der Waals surface area contributed by atoms with Crippen LogP contribution in [0.5, 0.6) is 0 Å². The number of carbonyl (C=O) groups is 1. The Kier molecular flexibility index (Phi) is 6.21. The number of methoxy groups -OCH3 is 1. The lowest BCUT2D eigenvalue weighted by Gasteiger charge is -2.36. The summed E-state index contributed by atoms with van der Waals surface area (Å²) in [4.78, 5) is 14.0. The number of carbonyl (C=O) groups excluding carboxylic acids is 1. The van der Waals surface area contributed by atoms with Gasteiger partial charge in [-0.2, -0.15) is 0 Å². The quantitative estimate of drug-likeness (QED) is 0.817. The van der Waals surface area contributed by atoms with Gasteiger partial charge in [0.15, 0.2) is 0 Å². The van der Waals surface area contributed by atoms with Crippen LogP contribution < -0.4 is 5.32 Å². The third-order valence-electron chi connectivity index (χ3n) is 4.14. The van der Waals surface area contributed by atoms with Crippen molar-refractivity contribution in [1.82, 2.24) is 10.2 Å². The van der Waals surface area contributed by atoms with Crippen molar-refractivity contribution in [3.63, 3.8) is 0 Å². The number of esters is 1. The van der Waals surface area contributed by atoms with Crippen molar-refractivity contribution in [2.24, 2.45) is 0 Å². The van der Waals surface area contributed by atoms with Gasteiger partial charge >= 0.3 is 5.97 Å². The summed E-state index contributed by atoms with van der Waals surface area (Å²) < 4.78 is 4.73. The van der Waals surface area contributed by atoms with E-state index in [2.05, 4.69) is 17.1 Å². The zero-order chi connectivity index (χ0) is 15.1. The van der Waals surface area contributed by atoms with Gasteiger partial charge in [0.25, 0.3) is 0 Å². The summed E-state index contributed by atoms with van der Waals surface area (Å²) >= 11 is 0. The van der Waals surface area contributed by atoms with E-state index in [0.29, 0.717) is 11.6 Å². The number of ether oxygens (including phenoxy) is 1. The van der Waals surface area contributed by atoms with Crippen molar-refractivity contribution in [3.8, 4) is 0 Å². The van der Waals surface area contributed by atoms with E-state index in [0.717, 1.165) is 26.2 Å². The molecular weight excluding hydrogens is 264 g/mol. The fraction of sp³-hybridized carbons (Fsp3) is 0.588. The molecule has 0 bridgehead atoms. The van der Waals surface area contributed by atoms with Gasteiger partial charge in [-0.3, -0.25) is 4.90 Å². The molecule has 4 heteroatoms. The van der Waals surface area contributed by atoms with E-state index in [1.54, 1.807) is 0 Å². The Morgan fingerprint density at radius 3 is 2.76 bits per heavy atom. The zero-order valence-corrected chi connectivity index (χ0v) is 13.1. The van der Waals surface area contributed by atoms with Crippen LogP contribution in [-0.2, 0) is 11.3 Å². The summed E-state index contributed by atoms with van der Waals surface area (Å²) in [5.41, 5.74) is 1.87. The van der Waals surface area contributed by atoms with E-state index in [-0.39, 0.29) is 5.97 Å². The highest BCUT2D eigenvalue weighted by atomic mass is 16.5. The smallest absolute Gasteiger partial charge is 0.337 e. The highest BCUT2D eigenvalue weighted by Crippen LogP contribution is 2.19. The first-order valence-electron chi connectivity index (χ1n) is 7.86. The van der Waals surface area contributed by atoms with Crippen LogP contribution in [0.1, 0.15) is 42.1 Å². The summed E-state index contributed by atoms with van der Waals surface area (Å²) in [7, 11) is 1.41. The molecule has 0 aromatic heterocycles. The first-order valence-corrected chi connectivity index (χ1v) is 7.86. The molecule has 0 spiro atoms. The maximum absolute atomic E-state index is 11.4. The normalized spacial score (nSPS) is 19.4. The SMILES string of the molecule is CCNCC1CCCCN1Cc1ccc(C(=O)OC)cc1. The van der Waals surface area contributed by atoms with E-state index in [4.69, 9.17) is 4.74 Å². The molecule has 4 nitrogen and oxygen atoms in total. The second kappa shape index (κ2) is 8.15. The van der Waals surface area contributed by atoms with Gasteiger partial charge in [-0.25, -0.2) is 4.79 Å². The lowest BCUT2D eigenvalue weighted by molar-refractivity contribution is 0.0600. The minimum absolute atomic E-state index is 0.274. The summed E-state index contributed by atoms with van der Waals surface area (Å²) in [5.74, 6) is -0.274. The fourth-order valence-electron chi connectivity index (χ4n) is 2.91. The minimum Gasteiger partial charge on any atom is -0.465 e. The van der Waals surface area contributed by atoms with Crippen LogP contribution in [-0.4, -0.2) is 43.7 Å². The first kappa shape index (κ1) is 16.0. The molecule has 1 aromatic carbocycles. The lowest BCUT2D eigenvalue weighted by atomic mass is 10.0. The van der Waals surface area contributed by atoms with Gasteiger partial charge in [0, 0.05) is 19.1 Å². The van der Waals surface area contributed by atoms with Gasteiger partial charge in [-0.05, 0) is 43.6 Å². The Morgan fingerprint density at radius 2 is 2.10 bits per heavy atom. The van der Waals surface area contributed by atoms with Crippen molar-refractivity contribution < 1.29 is 9.53 Å². The second-order valence-electron chi connectivity index (χ2n) is 5.62. The molecule has 21 heavy (non-hydrogen) atoms. The van der Waals surface area contributed by atoms with Crippen molar-refractivity contribution in [1.29, 1.82) is 0 Å². The lowest BCUT2D eigenvalue weighted by Crippen LogP contribution is -2.44. The summed E-state index contributed by atoms with van der Waals surface area (Å²) in [6, 6.07) is 8.39. The monoisotopic (exact) mass is 290 g/mol. The second-order valence-corrected chi connectivity index (χ2v) is 5.62. The molecule has 0 amide bonds. The Hall–Kier alpha value is -1.39. The van der Waals surface area contributed by atoms with Crippen LogP contribution in [0.3, 0.4) is 0 Å². The van der Waals surface area contributed by atoms with E-state index in [1.165, 1.54) is 31.9 Å². The Bertz CT molecular complexity index is 445. The Morgan fingerprint density at radius 1 is 1.33 bits per heavy atom. The Labute approximate surface area is 127 Å². The Balaban J connectivity index is 1.96. The van der Waals surface area contributed by atoms with E-state index in [1.807, 2.05) is 24.3 Å². The number of piperidine rings is 1. The molecule has 2 rings (SSSR count). The average Bonchev–Trinajstić information content (AvgIpc) is 2.54.